The highest BCUT2D eigenvalue weighted by molar-refractivity contribution is 5.94. The van der Waals surface area contributed by atoms with E-state index < -0.39 is 11.4 Å². The smallest absolute Gasteiger partial charge is 0.310 e. The van der Waals surface area contributed by atoms with Crippen molar-refractivity contribution in [3.63, 3.8) is 0 Å². The van der Waals surface area contributed by atoms with Crippen LogP contribution in [0.1, 0.15) is 24.0 Å². The Hall–Kier alpha value is -1.83. The average Bonchev–Trinajstić information content (AvgIpc) is 2.98. The molecule has 0 aliphatic heterocycles. The summed E-state index contributed by atoms with van der Waals surface area (Å²) in [5.41, 5.74) is 1.99. The second kappa shape index (κ2) is 2.94. The highest BCUT2D eigenvalue weighted by atomic mass is 16.4. The minimum atomic E-state index is -0.651. The summed E-state index contributed by atoms with van der Waals surface area (Å²) in [5.74, 6) is -0.175. The Morgan fingerprint density at radius 3 is 2.72 bits per heavy atom. The van der Waals surface area contributed by atoms with Crippen molar-refractivity contribution < 1.29 is 9.90 Å². The zero-order valence-electron chi connectivity index (χ0n) is 10.2. The fourth-order valence-corrected chi connectivity index (χ4v) is 3.88. The van der Waals surface area contributed by atoms with Crippen molar-refractivity contribution in [2.45, 2.75) is 19.3 Å². The van der Waals surface area contributed by atoms with E-state index in [2.05, 4.69) is 30.3 Å². The number of fused-ring (bicyclic) bond motifs is 2. The number of hydrogen-bond donors (Lipinski definition) is 1. The van der Waals surface area contributed by atoms with Gasteiger partial charge >= 0.3 is 5.97 Å². The van der Waals surface area contributed by atoms with Crippen LogP contribution in [0.3, 0.4) is 0 Å². The third-order valence-electron chi connectivity index (χ3n) is 4.97. The summed E-state index contributed by atoms with van der Waals surface area (Å²) in [6, 6.07) is 12.6. The number of hydrogen-bond acceptors (Lipinski definition) is 1. The lowest BCUT2D eigenvalue weighted by molar-refractivity contribution is -0.143. The summed E-state index contributed by atoms with van der Waals surface area (Å²) < 4.78 is 0. The SMILES string of the molecule is C[C@@]1(C(=O)O)[C@@H]2Cc3cccc4cccc(c34)[C@@H]21. The van der Waals surface area contributed by atoms with Crippen LogP contribution >= 0.6 is 0 Å². The highest BCUT2D eigenvalue weighted by Gasteiger charge is 2.68. The van der Waals surface area contributed by atoms with Crippen LogP contribution in [0.4, 0.5) is 0 Å². The quantitative estimate of drug-likeness (QED) is 0.828. The standard InChI is InChI=1S/C16H14O2/c1-16(15(17)18)12-8-10-6-2-4-9-5-3-7-11(13(9)10)14(12)16/h2-7,12,14H,8H2,1H3,(H,17,18)/t12-,14+,16-/m1/s1. The Kier molecular flexibility index (Phi) is 1.66. The summed E-state index contributed by atoms with van der Waals surface area (Å²) in [6.07, 6.45) is 0.905. The summed E-state index contributed by atoms with van der Waals surface area (Å²) in [6.45, 7) is 1.90. The maximum atomic E-state index is 11.5. The first-order valence-corrected chi connectivity index (χ1v) is 6.38. The molecule has 0 saturated heterocycles. The zero-order chi connectivity index (χ0) is 12.5. The second-order valence-corrected chi connectivity index (χ2v) is 5.74. The van der Waals surface area contributed by atoms with Crippen LogP contribution in [0, 0.1) is 11.3 Å². The second-order valence-electron chi connectivity index (χ2n) is 5.74. The number of rotatable bonds is 1. The van der Waals surface area contributed by atoms with E-state index in [1.54, 1.807) is 0 Å². The van der Waals surface area contributed by atoms with Crippen molar-refractivity contribution in [2.24, 2.45) is 11.3 Å². The van der Waals surface area contributed by atoms with Crippen LogP contribution in [0.25, 0.3) is 10.8 Å². The maximum Gasteiger partial charge on any atom is 0.310 e. The molecule has 1 N–H and O–H groups in total. The van der Waals surface area contributed by atoms with Crippen molar-refractivity contribution in [1.82, 2.24) is 0 Å². The van der Waals surface area contributed by atoms with Gasteiger partial charge in [0.2, 0.25) is 0 Å². The number of carbonyl (C=O) groups is 1. The fourth-order valence-electron chi connectivity index (χ4n) is 3.88. The first-order valence-electron chi connectivity index (χ1n) is 6.38. The summed E-state index contributed by atoms with van der Waals surface area (Å²) >= 11 is 0. The van der Waals surface area contributed by atoms with E-state index in [0.717, 1.165) is 6.42 Å². The molecule has 0 spiro atoms. The van der Waals surface area contributed by atoms with E-state index in [0.29, 0.717) is 0 Å². The van der Waals surface area contributed by atoms with Crippen LogP contribution in [-0.4, -0.2) is 11.1 Å². The highest BCUT2D eigenvalue weighted by Crippen LogP contribution is 2.69. The van der Waals surface area contributed by atoms with E-state index in [4.69, 9.17) is 0 Å². The summed E-state index contributed by atoms with van der Waals surface area (Å²) in [7, 11) is 0. The van der Waals surface area contributed by atoms with E-state index in [-0.39, 0.29) is 11.8 Å². The Morgan fingerprint density at radius 1 is 1.28 bits per heavy atom. The number of aliphatic carboxylic acids is 1. The monoisotopic (exact) mass is 238 g/mol. The lowest BCUT2D eigenvalue weighted by atomic mass is 9.89. The van der Waals surface area contributed by atoms with Crippen molar-refractivity contribution >= 4 is 16.7 Å². The lowest BCUT2D eigenvalue weighted by Crippen LogP contribution is -2.14. The third-order valence-corrected chi connectivity index (χ3v) is 4.97. The molecule has 2 heteroatoms. The molecule has 1 fully saturated rings. The minimum absolute atomic E-state index is 0.202. The first-order chi connectivity index (χ1) is 8.64. The molecular formula is C16H14O2. The fraction of sp³-hybridized carbons (Fsp3) is 0.312. The van der Waals surface area contributed by atoms with Crippen LogP contribution in [0.15, 0.2) is 36.4 Å². The van der Waals surface area contributed by atoms with Gasteiger partial charge in [0.1, 0.15) is 0 Å². The minimum Gasteiger partial charge on any atom is -0.481 e. The topological polar surface area (TPSA) is 37.3 Å². The molecule has 90 valence electrons. The van der Waals surface area contributed by atoms with Crippen LogP contribution in [0.5, 0.6) is 0 Å². The van der Waals surface area contributed by atoms with Gasteiger partial charge in [0.05, 0.1) is 5.41 Å². The maximum absolute atomic E-state index is 11.5. The van der Waals surface area contributed by atoms with Gasteiger partial charge in [0.25, 0.3) is 0 Å². The van der Waals surface area contributed by atoms with E-state index in [1.165, 1.54) is 21.9 Å². The van der Waals surface area contributed by atoms with Crippen molar-refractivity contribution in [2.75, 3.05) is 0 Å². The molecule has 2 aliphatic rings. The number of benzene rings is 2. The molecule has 4 rings (SSSR count). The number of carboxylic acid groups (broad SMARTS) is 1. The molecule has 2 aromatic rings. The molecule has 2 aromatic carbocycles. The Balaban J connectivity index is 2.01. The first kappa shape index (κ1) is 10.1. The van der Waals surface area contributed by atoms with Gasteiger partial charge in [0.15, 0.2) is 0 Å². The molecule has 3 atom stereocenters. The van der Waals surface area contributed by atoms with Gasteiger partial charge in [0, 0.05) is 5.92 Å². The molecule has 0 amide bonds. The summed E-state index contributed by atoms with van der Waals surface area (Å²) in [5, 5.41) is 12.0. The third kappa shape index (κ3) is 0.976. The van der Waals surface area contributed by atoms with Gasteiger partial charge < -0.3 is 5.11 Å². The van der Waals surface area contributed by atoms with Crippen molar-refractivity contribution in [3.05, 3.63) is 47.5 Å². The molecule has 0 unspecified atom stereocenters. The molecule has 1 saturated carbocycles. The van der Waals surface area contributed by atoms with Crippen LogP contribution in [-0.2, 0) is 11.2 Å². The van der Waals surface area contributed by atoms with E-state index in [9.17, 15) is 9.90 Å². The molecule has 2 nitrogen and oxygen atoms in total. The Morgan fingerprint density at radius 2 is 2.00 bits per heavy atom. The van der Waals surface area contributed by atoms with E-state index in [1.807, 2.05) is 13.0 Å². The normalized spacial score (nSPS) is 32.1. The molecule has 2 aliphatic carbocycles. The Bertz CT molecular complexity index is 683. The van der Waals surface area contributed by atoms with Crippen LogP contribution < -0.4 is 0 Å². The predicted molar refractivity (Wildman–Crippen MR) is 69.6 cm³/mol. The van der Waals surface area contributed by atoms with Gasteiger partial charge in [-0.15, -0.1) is 0 Å². The van der Waals surface area contributed by atoms with Crippen molar-refractivity contribution in [3.8, 4) is 0 Å². The average molecular weight is 238 g/mol. The van der Waals surface area contributed by atoms with Crippen molar-refractivity contribution in [1.29, 1.82) is 0 Å². The molecule has 18 heavy (non-hydrogen) atoms. The van der Waals surface area contributed by atoms with Gasteiger partial charge in [-0.3, -0.25) is 4.79 Å². The van der Waals surface area contributed by atoms with Crippen LogP contribution in [0.2, 0.25) is 0 Å². The Labute approximate surface area is 105 Å². The molecule has 0 bridgehead atoms. The van der Waals surface area contributed by atoms with Gasteiger partial charge in [-0.1, -0.05) is 36.4 Å². The number of carboxylic acids is 1. The van der Waals surface area contributed by atoms with E-state index >= 15 is 0 Å². The molecule has 0 heterocycles. The molecular weight excluding hydrogens is 224 g/mol. The van der Waals surface area contributed by atoms with Gasteiger partial charge in [-0.2, -0.15) is 0 Å². The summed E-state index contributed by atoms with van der Waals surface area (Å²) in [4.78, 5) is 11.5. The van der Waals surface area contributed by atoms with Gasteiger partial charge in [-0.05, 0) is 41.2 Å². The predicted octanol–water partition coefficient (Wildman–Crippen LogP) is 3.20. The largest absolute Gasteiger partial charge is 0.481 e. The zero-order valence-corrected chi connectivity index (χ0v) is 10.2. The lowest BCUT2D eigenvalue weighted by Gasteiger charge is -2.15. The van der Waals surface area contributed by atoms with Gasteiger partial charge in [-0.25, -0.2) is 0 Å². The molecule has 0 radical (unpaired) electrons. The molecule has 0 aromatic heterocycles.